The highest BCUT2D eigenvalue weighted by atomic mass is 32.2. The van der Waals surface area contributed by atoms with Crippen LogP contribution in [0.2, 0.25) is 0 Å². The van der Waals surface area contributed by atoms with Crippen LogP contribution in [-0.2, 0) is 16.0 Å². The van der Waals surface area contributed by atoms with Crippen molar-refractivity contribution in [1.29, 1.82) is 0 Å². The van der Waals surface area contributed by atoms with Crippen LogP contribution in [0.15, 0.2) is 16.8 Å². The van der Waals surface area contributed by atoms with Crippen LogP contribution in [0.4, 0.5) is 0 Å². The fourth-order valence-corrected chi connectivity index (χ4v) is 3.77. The zero-order chi connectivity index (χ0) is 14.5. The summed E-state index contributed by atoms with van der Waals surface area (Å²) < 4.78 is 0. The molecule has 0 aromatic carbocycles. The highest BCUT2D eigenvalue weighted by Gasteiger charge is 2.27. The molecule has 1 aliphatic heterocycles. The lowest BCUT2D eigenvalue weighted by Gasteiger charge is -2.24. The number of likely N-dealkylation sites (N-methyl/N-ethyl adjacent to an activating group) is 1. The van der Waals surface area contributed by atoms with Crippen LogP contribution in [0.3, 0.4) is 0 Å². The average molecular weight is 312 g/mol. The van der Waals surface area contributed by atoms with E-state index >= 15 is 0 Å². The Morgan fingerprint density at radius 2 is 2.40 bits per heavy atom. The molecular weight excluding hydrogens is 292 g/mol. The van der Waals surface area contributed by atoms with Crippen molar-refractivity contribution in [3.63, 3.8) is 0 Å². The summed E-state index contributed by atoms with van der Waals surface area (Å²) in [5.41, 5.74) is 1.30. The second-order valence-electron chi connectivity index (χ2n) is 5.18. The Morgan fingerprint density at radius 1 is 1.60 bits per heavy atom. The first-order valence-corrected chi connectivity index (χ1v) is 8.66. The predicted octanol–water partition coefficient (Wildman–Crippen LogP) is 1.76. The number of carbonyl (C=O) groups is 2. The molecule has 0 bridgehead atoms. The predicted molar refractivity (Wildman–Crippen MR) is 84.1 cm³/mol. The molecule has 1 saturated heterocycles. The quantitative estimate of drug-likeness (QED) is 0.869. The summed E-state index contributed by atoms with van der Waals surface area (Å²) in [5, 5.41) is 7.12. The number of thioether (sulfide) groups is 1. The Morgan fingerprint density at radius 3 is 3.00 bits per heavy atom. The zero-order valence-corrected chi connectivity index (χ0v) is 13.4. The summed E-state index contributed by atoms with van der Waals surface area (Å²) in [6, 6.07) is 2.13. The van der Waals surface area contributed by atoms with Crippen molar-refractivity contribution in [2.75, 3.05) is 19.3 Å². The summed E-state index contributed by atoms with van der Waals surface area (Å²) in [6.45, 7) is 2.45. The van der Waals surface area contributed by atoms with Gasteiger partial charge in [0.1, 0.15) is 0 Å². The molecule has 1 aromatic rings. The molecule has 1 aromatic heterocycles. The van der Waals surface area contributed by atoms with Gasteiger partial charge in [-0.1, -0.05) is 11.8 Å². The molecule has 0 saturated carbocycles. The van der Waals surface area contributed by atoms with Gasteiger partial charge in [-0.05, 0) is 49.2 Å². The molecule has 0 radical (unpaired) electrons. The summed E-state index contributed by atoms with van der Waals surface area (Å²) in [5.74, 6) is 0.749. The molecule has 1 fully saturated rings. The minimum Gasteiger partial charge on any atom is -0.344 e. The number of nitrogens with zero attached hydrogens (tertiary/aromatic N) is 1. The lowest BCUT2D eigenvalue weighted by Crippen LogP contribution is -2.45. The average Bonchev–Trinajstić information content (AvgIpc) is 3.02. The molecule has 6 heteroatoms. The minimum atomic E-state index is -0.284. The third-order valence-corrected chi connectivity index (χ3v) is 5.27. The molecular formula is C14H20N2O2S2. The van der Waals surface area contributed by atoms with Gasteiger partial charge in [0, 0.05) is 11.8 Å². The first kappa shape index (κ1) is 15.5. The molecule has 1 N–H and O–H groups in total. The van der Waals surface area contributed by atoms with Gasteiger partial charge >= 0.3 is 0 Å². The lowest BCUT2D eigenvalue weighted by atomic mass is 10.1. The van der Waals surface area contributed by atoms with Gasteiger partial charge in [0.15, 0.2) is 0 Å². The molecule has 0 aliphatic carbocycles. The maximum absolute atomic E-state index is 11.9. The summed E-state index contributed by atoms with van der Waals surface area (Å²) in [7, 11) is 1.95. The number of nitrogens with one attached hydrogen (secondary N) is 1. The smallest absolute Gasteiger partial charge is 0.234 e. The topological polar surface area (TPSA) is 49.4 Å². The van der Waals surface area contributed by atoms with Crippen molar-refractivity contribution < 1.29 is 9.59 Å². The number of hydrogen-bond acceptors (Lipinski definition) is 5. The summed E-state index contributed by atoms with van der Waals surface area (Å²) in [4.78, 5) is 25.5. The number of hydrogen-bond donors (Lipinski definition) is 1. The molecule has 2 atom stereocenters. The summed E-state index contributed by atoms with van der Waals surface area (Å²) in [6.07, 6.45) is 1.69. The van der Waals surface area contributed by atoms with E-state index in [1.54, 1.807) is 11.3 Å². The Bertz CT molecular complexity index is 462. The van der Waals surface area contributed by atoms with E-state index in [1.165, 1.54) is 17.3 Å². The van der Waals surface area contributed by atoms with Crippen molar-refractivity contribution in [3.05, 3.63) is 22.4 Å². The van der Waals surface area contributed by atoms with E-state index in [2.05, 4.69) is 29.1 Å². The molecule has 2 rings (SSSR count). The number of rotatable bonds is 6. The fourth-order valence-electron chi connectivity index (χ4n) is 2.15. The standard InChI is InChI=1S/C14H20N2O2S2/c1-10(7-11-3-5-19-9-11)16(2)8-13(17)15-12-4-6-20-14(12)18/h3,5,9-10,12H,4,6-8H2,1-2H3,(H,15,17). The molecule has 2 unspecified atom stereocenters. The molecule has 4 nitrogen and oxygen atoms in total. The SMILES string of the molecule is CC(Cc1ccsc1)N(C)CC(=O)NC1CCSC1=O. The largest absolute Gasteiger partial charge is 0.344 e. The molecule has 1 amide bonds. The summed E-state index contributed by atoms with van der Waals surface area (Å²) >= 11 is 3.00. The molecule has 20 heavy (non-hydrogen) atoms. The zero-order valence-electron chi connectivity index (χ0n) is 11.8. The third kappa shape index (κ3) is 4.33. The first-order valence-electron chi connectivity index (χ1n) is 6.73. The Labute approximate surface area is 127 Å². The second-order valence-corrected chi connectivity index (χ2v) is 7.06. The van der Waals surface area contributed by atoms with E-state index in [0.29, 0.717) is 12.6 Å². The molecule has 1 aliphatic rings. The van der Waals surface area contributed by atoms with Crippen molar-refractivity contribution in [2.45, 2.75) is 31.8 Å². The van der Waals surface area contributed by atoms with Crippen LogP contribution in [-0.4, -0.2) is 47.4 Å². The molecule has 110 valence electrons. The van der Waals surface area contributed by atoms with Gasteiger partial charge in [-0.2, -0.15) is 11.3 Å². The van der Waals surface area contributed by atoms with Crippen LogP contribution in [0, 0.1) is 0 Å². The number of thiophene rings is 1. The first-order chi connectivity index (χ1) is 9.56. The maximum Gasteiger partial charge on any atom is 0.234 e. The number of amides is 1. The highest BCUT2D eigenvalue weighted by molar-refractivity contribution is 8.14. The van der Waals surface area contributed by atoms with Gasteiger partial charge in [-0.25, -0.2) is 0 Å². The van der Waals surface area contributed by atoms with E-state index in [1.807, 2.05) is 11.9 Å². The van der Waals surface area contributed by atoms with E-state index in [4.69, 9.17) is 0 Å². The van der Waals surface area contributed by atoms with E-state index < -0.39 is 0 Å². The van der Waals surface area contributed by atoms with Gasteiger partial charge in [-0.3, -0.25) is 14.5 Å². The van der Waals surface area contributed by atoms with Crippen molar-refractivity contribution >= 4 is 34.1 Å². The van der Waals surface area contributed by atoms with E-state index in [9.17, 15) is 9.59 Å². The Balaban J connectivity index is 1.76. The minimum absolute atomic E-state index is 0.0643. The van der Waals surface area contributed by atoms with Crippen LogP contribution in [0.5, 0.6) is 0 Å². The van der Waals surface area contributed by atoms with Gasteiger partial charge in [0.2, 0.25) is 11.0 Å². The van der Waals surface area contributed by atoms with Gasteiger partial charge in [0.05, 0.1) is 12.6 Å². The van der Waals surface area contributed by atoms with Gasteiger partial charge in [-0.15, -0.1) is 0 Å². The fraction of sp³-hybridized carbons (Fsp3) is 0.571. The van der Waals surface area contributed by atoms with Crippen molar-refractivity contribution in [1.82, 2.24) is 10.2 Å². The normalized spacial score (nSPS) is 20.4. The van der Waals surface area contributed by atoms with Crippen LogP contribution in [0.25, 0.3) is 0 Å². The van der Waals surface area contributed by atoms with Gasteiger partial charge < -0.3 is 5.32 Å². The third-order valence-electron chi connectivity index (χ3n) is 3.53. The van der Waals surface area contributed by atoms with Crippen LogP contribution < -0.4 is 5.32 Å². The number of carbonyl (C=O) groups excluding carboxylic acids is 2. The maximum atomic E-state index is 11.9. The molecule has 0 spiro atoms. The van der Waals surface area contributed by atoms with Gasteiger partial charge in [0.25, 0.3) is 0 Å². The van der Waals surface area contributed by atoms with Crippen molar-refractivity contribution in [2.24, 2.45) is 0 Å². The van der Waals surface area contributed by atoms with Crippen LogP contribution in [0.1, 0.15) is 18.9 Å². The Hall–Kier alpha value is -0.850. The van der Waals surface area contributed by atoms with Crippen LogP contribution >= 0.6 is 23.1 Å². The lowest BCUT2D eigenvalue weighted by molar-refractivity contribution is -0.125. The highest BCUT2D eigenvalue weighted by Crippen LogP contribution is 2.19. The molecule has 2 heterocycles. The van der Waals surface area contributed by atoms with Crippen molar-refractivity contribution in [3.8, 4) is 0 Å². The van der Waals surface area contributed by atoms with E-state index in [-0.39, 0.29) is 17.1 Å². The second kappa shape index (κ2) is 7.24. The van der Waals surface area contributed by atoms with E-state index in [0.717, 1.165) is 18.6 Å². The Kier molecular flexibility index (Phi) is 5.63. The monoisotopic (exact) mass is 312 g/mol.